The van der Waals surface area contributed by atoms with Gasteiger partial charge in [-0.2, -0.15) is 0 Å². The van der Waals surface area contributed by atoms with Crippen LogP contribution < -0.4 is 0 Å². The fourth-order valence-electron chi connectivity index (χ4n) is 1.36. The van der Waals surface area contributed by atoms with Gasteiger partial charge in [-0.25, -0.2) is 0 Å². The van der Waals surface area contributed by atoms with E-state index in [-0.39, 0.29) is 0 Å². The predicted molar refractivity (Wildman–Crippen MR) is 46.1 cm³/mol. The maximum atomic E-state index is 5.81. The standard InChI is InChI=1S/C8H9ClN2/c1-11-3-2-6-5-10-8(9)4-7(6)11/h2-3H,4-5H2,1H3. The van der Waals surface area contributed by atoms with Gasteiger partial charge in [-0.05, 0) is 11.6 Å². The van der Waals surface area contributed by atoms with Gasteiger partial charge in [0.05, 0.1) is 6.54 Å². The number of rotatable bonds is 0. The van der Waals surface area contributed by atoms with Crippen LogP contribution in [0.3, 0.4) is 0 Å². The average Bonchev–Trinajstić information content (AvgIpc) is 2.33. The number of fused-ring (bicyclic) bond motifs is 1. The van der Waals surface area contributed by atoms with Crippen molar-refractivity contribution in [2.75, 3.05) is 0 Å². The first kappa shape index (κ1) is 6.92. The second-order valence-corrected chi connectivity index (χ2v) is 3.20. The molecule has 0 unspecified atom stereocenters. The third-order valence-corrected chi connectivity index (χ3v) is 2.28. The summed E-state index contributed by atoms with van der Waals surface area (Å²) >= 11 is 5.81. The minimum Gasteiger partial charge on any atom is -0.354 e. The Balaban J connectivity index is 2.44. The van der Waals surface area contributed by atoms with Crippen molar-refractivity contribution >= 4 is 16.8 Å². The van der Waals surface area contributed by atoms with Gasteiger partial charge >= 0.3 is 0 Å². The lowest BCUT2D eigenvalue weighted by atomic mass is 10.1. The first-order chi connectivity index (χ1) is 5.27. The van der Waals surface area contributed by atoms with E-state index in [2.05, 4.69) is 21.8 Å². The fraction of sp³-hybridized carbons (Fsp3) is 0.375. The normalized spacial score (nSPS) is 16.0. The molecule has 0 atom stereocenters. The minimum atomic E-state index is 0.722. The zero-order valence-electron chi connectivity index (χ0n) is 6.34. The summed E-state index contributed by atoms with van der Waals surface area (Å²) in [5.74, 6) is 0. The Kier molecular flexibility index (Phi) is 1.50. The van der Waals surface area contributed by atoms with Crippen LogP contribution in [0.15, 0.2) is 17.3 Å². The molecule has 11 heavy (non-hydrogen) atoms. The molecule has 0 saturated carbocycles. The zero-order chi connectivity index (χ0) is 7.84. The van der Waals surface area contributed by atoms with E-state index in [1.165, 1.54) is 11.3 Å². The summed E-state index contributed by atoms with van der Waals surface area (Å²) in [5, 5.41) is 0.722. The molecular weight excluding hydrogens is 160 g/mol. The maximum absolute atomic E-state index is 5.81. The summed E-state index contributed by atoms with van der Waals surface area (Å²) in [6.07, 6.45) is 2.84. The summed E-state index contributed by atoms with van der Waals surface area (Å²) in [5.41, 5.74) is 2.60. The Labute approximate surface area is 70.5 Å². The van der Waals surface area contributed by atoms with Crippen LogP contribution in [0.2, 0.25) is 0 Å². The van der Waals surface area contributed by atoms with E-state index in [1.54, 1.807) is 0 Å². The van der Waals surface area contributed by atoms with Gasteiger partial charge < -0.3 is 4.57 Å². The number of nitrogens with zero attached hydrogens (tertiary/aromatic N) is 2. The molecule has 1 aliphatic heterocycles. The van der Waals surface area contributed by atoms with E-state index in [0.29, 0.717) is 0 Å². The van der Waals surface area contributed by atoms with Crippen molar-refractivity contribution < 1.29 is 0 Å². The molecular formula is C8H9ClN2. The molecule has 0 saturated heterocycles. The highest BCUT2D eigenvalue weighted by molar-refractivity contribution is 6.65. The molecule has 0 amide bonds. The van der Waals surface area contributed by atoms with Gasteiger partial charge in [-0.3, -0.25) is 4.99 Å². The minimum absolute atomic E-state index is 0.722. The smallest absolute Gasteiger partial charge is 0.107 e. The van der Waals surface area contributed by atoms with Crippen LogP contribution >= 0.6 is 11.6 Å². The molecule has 1 aromatic heterocycles. The largest absolute Gasteiger partial charge is 0.354 e. The third-order valence-electron chi connectivity index (χ3n) is 2.03. The van der Waals surface area contributed by atoms with Crippen LogP contribution in [0, 0.1) is 0 Å². The molecule has 0 radical (unpaired) electrons. The lowest BCUT2D eigenvalue weighted by molar-refractivity contribution is 0.837. The summed E-state index contributed by atoms with van der Waals surface area (Å²) in [7, 11) is 2.04. The van der Waals surface area contributed by atoms with Gasteiger partial charge in [0, 0.05) is 25.4 Å². The van der Waals surface area contributed by atoms with Crippen molar-refractivity contribution in [3.63, 3.8) is 0 Å². The second-order valence-electron chi connectivity index (χ2n) is 2.77. The lowest BCUT2D eigenvalue weighted by Gasteiger charge is -2.09. The van der Waals surface area contributed by atoms with E-state index < -0.39 is 0 Å². The van der Waals surface area contributed by atoms with Gasteiger partial charge in [0.25, 0.3) is 0 Å². The molecule has 0 N–H and O–H groups in total. The van der Waals surface area contributed by atoms with E-state index in [9.17, 15) is 0 Å². The van der Waals surface area contributed by atoms with Crippen molar-refractivity contribution in [3.8, 4) is 0 Å². The van der Waals surface area contributed by atoms with Crippen molar-refractivity contribution in [3.05, 3.63) is 23.5 Å². The Morgan fingerprint density at radius 1 is 1.64 bits per heavy atom. The number of hydrogen-bond acceptors (Lipinski definition) is 1. The first-order valence-corrected chi connectivity index (χ1v) is 3.97. The molecule has 0 aliphatic carbocycles. The quantitative estimate of drug-likeness (QED) is 0.562. The van der Waals surface area contributed by atoms with Gasteiger partial charge in [0.1, 0.15) is 5.17 Å². The highest BCUT2D eigenvalue weighted by atomic mass is 35.5. The lowest BCUT2D eigenvalue weighted by Crippen LogP contribution is -2.08. The van der Waals surface area contributed by atoms with E-state index in [1.807, 2.05) is 7.05 Å². The monoisotopic (exact) mass is 168 g/mol. The number of hydrogen-bond donors (Lipinski definition) is 0. The molecule has 0 aromatic carbocycles. The Hall–Kier alpha value is -0.760. The van der Waals surface area contributed by atoms with Crippen molar-refractivity contribution in [2.45, 2.75) is 13.0 Å². The molecule has 0 bridgehead atoms. The molecule has 58 valence electrons. The van der Waals surface area contributed by atoms with Crippen LogP contribution in [-0.2, 0) is 20.0 Å². The van der Waals surface area contributed by atoms with Gasteiger partial charge in [-0.15, -0.1) is 0 Å². The van der Waals surface area contributed by atoms with Crippen molar-refractivity contribution in [1.29, 1.82) is 0 Å². The summed E-state index contributed by atoms with van der Waals surface area (Å²) in [4.78, 5) is 4.15. The van der Waals surface area contributed by atoms with Gasteiger partial charge in [0.2, 0.25) is 0 Å². The molecule has 2 heterocycles. The van der Waals surface area contributed by atoms with Crippen LogP contribution in [0.5, 0.6) is 0 Å². The summed E-state index contributed by atoms with van der Waals surface area (Å²) in [6, 6.07) is 2.10. The molecule has 2 nitrogen and oxygen atoms in total. The van der Waals surface area contributed by atoms with Crippen LogP contribution in [0.25, 0.3) is 0 Å². The first-order valence-electron chi connectivity index (χ1n) is 3.59. The Morgan fingerprint density at radius 2 is 2.45 bits per heavy atom. The highest BCUT2D eigenvalue weighted by Gasteiger charge is 2.12. The van der Waals surface area contributed by atoms with E-state index in [4.69, 9.17) is 11.6 Å². The molecule has 1 aromatic rings. The van der Waals surface area contributed by atoms with E-state index >= 15 is 0 Å². The van der Waals surface area contributed by atoms with Crippen LogP contribution in [-0.4, -0.2) is 9.74 Å². The third kappa shape index (κ3) is 1.07. The number of aliphatic imine (C=N–C) groups is 1. The molecule has 1 aliphatic rings. The maximum Gasteiger partial charge on any atom is 0.107 e. The van der Waals surface area contributed by atoms with Crippen LogP contribution in [0.1, 0.15) is 11.3 Å². The molecule has 0 spiro atoms. The SMILES string of the molecule is Cn1ccc2c1CC(Cl)=NC2. The number of aromatic nitrogens is 1. The average molecular weight is 169 g/mol. The fourth-order valence-corrected chi connectivity index (χ4v) is 1.55. The number of aryl methyl sites for hydroxylation is 1. The highest BCUT2D eigenvalue weighted by Crippen LogP contribution is 2.18. The topological polar surface area (TPSA) is 17.3 Å². The number of halogens is 1. The van der Waals surface area contributed by atoms with Gasteiger partial charge in [0.15, 0.2) is 0 Å². The Bertz CT molecular complexity index is 312. The molecule has 3 heteroatoms. The Morgan fingerprint density at radius 3 is 3.27 bits per heavy atom. The predicted octanol–water partition coefficient (Wildman–Crippen LogP) is 1.72. The molecule has 2 rings (SSSR count). The van der Waals surface area contributed by atoms with Crippen LogP contribution in [0.4, 0.5) is 0 Å². The zero-order valence-corrected chi connectivity index (χ0v) is 7.10. The van der Waals surface area contributed by atoms with Crippen molar-refractivity contribution in [1.82, 2.24) is 4.57 Å². The second kappa shape index (κ2) is 2.38. The van der Waals surface area contributed by atoms with E-state index in [0.717, 1.165) is 18.1 Å². The summed E-state index contributed by atoms with van der Waals surface area (Å²) < 4.78 is 2.10. The summed E-state index contributed by atoms with van der Waals surface area (Å²) in [6.45, 7) is 0.745. The van der Waals surface area contributed by atoms with Crippen molar-refractivity contribution in [2.24, 2.45) is 12.0 Å². The van der Waals surface area contributed by atoms with Gasteiger partial charge in [-0.1, -0.05) is 11.6 Å². The molecule has 0 fully saturated rings.